The molecule has 0 saturated heterocycles. The van der Waals surface area contributed by atoms with E-state index in [4.69, 9.17) is 0 Å². The first-order chi connectivity index (χ1) is 0. The van der Waals surface area contributed by atoms with Gasteiger partial charge in [0.05, 0.1) is 0 Å². The topological polar surface area (TPSA) is 0 Å². The summed E-state index contributed by atoms with van der Waals surface area (Å²) in [6, 6.07) is 0. The number of hydrogen-bond donors (Lipinski definition) is 0. The molecule has 0 aromatic heterocycles. The molecular formula is IrSn4. The molecule has 0 aliphatic heterocycles. The van der Waals surface area contributed by atoms with Crippen LogP contribution in [-0.2, 0) is 20.1 Å². The molecule has 0 aromatic rings. The van der Waals surface area contributed by atoms with E-state index < -0.39 is 0 Å². The third kappa shape index (κ3) is 18.1. The largest absolute Gasteiger partial charge is 0 e. The molecular weight excluding hydrogens is 667 g/mol. The minimum absolute atomic E-state index is 0. The van der Waals surface area contributed by atoms with Crippen molar-refractivity contribution in [2.45, 2.75) is 0 Å². The van der Waals surface area contributed by atoms with Gasteiger partial charge in [-0.2, -0.15) is 0 Å². The first-order valence-electron chi connectivity index (χ1n) is 0. The summed E-state index contributed by atoms with van der Waals surface area (Å²) < 4.78 is 0. The van der Waals surface area contributed by atoms with Crippen LogP contribution in [0.4, 0.5) is 0 Å². The molecule has 5 heteroatoms. The van der Waals surface area contributed by atoms with E-state index in [0.717, 1.165) is 0 Å². The Hall–Kier alpha value is 3.84. The van der Waals surface area contributed by atoms with E-state index in [9.17, 15) is 0 Å². The van der Waals surface area contributed by atoms with Crippen molar-refractivity contribution in [2.24, 2.45) is 0 Å². The Balaban J connectivity index is 0. The van der Waals surface area contributed by atoms with Crippen molar-refractivity contribution in [3.05, 3.63) is 0 Å². The third-order valence-corrected chi connectivity index (χ3v) is 0. The Morgan fingerprint density at radius 2 is 0.400 bits per heavy atom. The Labute approximate surface area is 113 Å². The summed E-state index contributed by atoms with van der Waals surface area (Å²) >= 11 is 0. The molecule has 0 heterocycles. The molecule has 0 rings (SSSR count). The van der Waals surface area contributed by atoms with Crippen LogP contribution in [-0.4, -0.2) is 95.6 Å². The summed E-state index contributed by atoms with van der Waals surface area (Å²) in [6.07, 6.45) is 0. The van der Waals surface area contributed by atoms with Crippen LogP contribution in [0, 0.1) is 0 Å². The summed E-state index contributed by atoms with van der Waals surface area (Å²) in [4.78, 5) is 0. The molecule has 0 N–H and O–H groups in total. The molecule has 0 aliphatic rings. The van der Waals surface area contributed by atoms with E-state index in [0.29, 0.717) is 0 Å². The van der Waals surface area contributed by atoms with Crippen molar-refractivity contribution in [2.75, 3.05) is 0 Å². The van der Waals surface area contributed by atoms with Crippen LogP contribution < -0.4 is 0 Å². The Morgan fingerprint density at radius 1 is 0.400 bits per heavy atom. The molecule has 0 unspecified atom stereocenters. The standard InChI is InChI=1S/Ir.4Sn. The van der Waals surface area contributed by atoms with E-state index in [1.807, 2.05) is 0 Å². The van der Waals surface area contributed by atoms with E-state index in [1.54, 1.807) is 0 Å². The second-order valence-corrected chi connectivity index (χ2v) is 0. The van der Waals surface area contributed by atoms with E-state index >= 15 is 0 Å². The average molecular weight is 667 g/mol. The minimum atomic E-state index is 0. The van der Waals surface area contributed by atoms with E-state index in [-0.39, 0.29) is 116 Å². The van der Waals surface area contributed by atoms with Crippen LogP contribution >= 0.6 is 0 Å². The summed E-state index contributed by atoms with van der Waals surface area (Å²) in [7, 11) is 0. The predicted molar refractivity (Wildman–Crippen MR) is 23.0 cm³/mol. The van der Waals surface area contributed by atoms with Crippen molar-refractivity contribution < 1.29 is 20.1 Å². The van der Waals surface area contributed by atoms with Gasteiger partial charge in [-0.05, 0) is 0 Å². The molecule has 0 nitrogen and oxygen atoms in total. The van der Waals surface area contributed by atoms with Gasteiger partial charge in [0.15, 0.2) is 0 Å². The minimum Gasteiger partial charge on any atom is 0 e. The van der Waals surface area contributed by atoms with Gasteiger partial charge in [-0.1, -0.05) is 0 Å². The molecule has 0 amide bonds. The van der Waals surface area contributed by atoms with Gasteiger partial charge in [-0.3, -0.25) is 0 Å². The van der Waals surface area contributed by atoms with Crippen LogP contribution in [0.3, 0.4) is 0 Å². The fourth-order valence-corrected chi connectivity index (χ4v) is 0. The molecule has 0 saturated carbocycles. The van der Waals surface area contributed by atoms with Gasteiger partial charge >= 0.3 is 0 Å². The quantitative estimate of drug-likeness (QED) is 0.276. The zero-order chi connectivity index (χ0) is 0. The Morgan fingerprint density at radius 3 is 0.400 bits per heavy atom. The van der Waals surface area contributed by atoms with Crippen molar-refractivity contribution in [3.63, 3.8) is 0 Å². The monoisotopic (exact) mass is 673 g/mol. The van der Waals surface area contributed by atoms with Gasteiger partial charge < -0.3 is 0 Å². The number of rotatable bonds is 0. The molecule has 17 radical (unpaired) electrons. The molecule has 0 atom stereocenters. The van der Waals surface area contributed by atoms with Gasteiger partial charge in [-0.15, -0.1) is 0 Å². The van der Waals surface area contributed by atoms with E-state index in [1.165, 1.54) is 0 Å². The SMILES string of the molecule is [Ir].[Sn].[Sn].[Sn].[Sn]. The molecule has 0 spiro atoms. The maximum absolute atomic E-state index is 0. The van der Waals surface area contributed by atoms with Crippen molar-refractivity contribution >= 4 is 95.6 Å². The molecule has 0 aromatic carbocycles. The van der Waals surface area contributed by atoms with Crippen molar-refractivity contribution in [1.29, 1.82) is 0 Å². The van der Waals surface area contributed by atoms with Gasteiger partial charge in [0.1, 0.15) is 0 Å². The van der Waals surface area contributed by atoms with Gasteiger partial charge in [0, 0.05) is 116 Å². The van der Waals surface area contributed by atoms with Gasteiger partial charge in [0.2, 0.25) is 0 Å². The average Bonchev–Trinajstić information content (AvgIpc) is 0. The zero-order valence-electron chi connectivity index (χ0n) is 2.33. The maximum Gasteiger partial charge on any atom is 0 e. The van der Waals surface area contributed by atoms with Crippen LogP contribution in [0.5, 0.6) is 0 Å². The van der Waals surface area contributed by atoms with Crippen molar-refractivity contribution in [3.8, 4) is 0 Å². The summed E-state index contributed by atoms with van der Waals surface area (Å²) in [5, 5.41) is 0. The van der Waals surface area contributed by atoms with Crippen LogP contribution in [0.25, 0.3) is 0 Å². The normalized spacial score (nSPS) is 0. The first kappa shape index (κ1) is 36.8. The molecule has 25 valence electrons. The zero-order valence-corrected chi connectivity index (χ0v) is 16.1. The predicted octanol–water partition coefficient (Wildman–Crippen LogP) is -1.53. The summed E-state index contributed by atoms with van der Waals surface area (Å²) in [5.41, 5.74) is 0. The molecule has 0 aliphatic carbocycles. The summed E-state index contributed by atoms with van der Waals surface area (Å²) in [5.74, 6) is 0. The van der Waals surface area contributed by atoms with Crippen molar-refractivity contribution in [1.82, 2.24) is 0 Å². The fourth-order valence-electron chi connectivity index (χ4n) is 0. The second-order valence-electron chi connectivity index (χ2n) is 0. The molecule has 5 heavy (non-hydrogen) atoms. The van der Waals surface area contributed by atoms with E-state index in [2.05, 4.69) is 0 Å². The maximum atomic E-state index is 0. The molecule has 0 fully saturated rings. The Bertz CT molecular complexity index is 3.61. The summed E-state index contributed by atoms with van der Waals surface area (Å²) in [6.45, 7) is 0. The van der Waals surface area contributed by atoms with Crippen LogP contribution in [0.2, 0.25) is 0 Å². The smallest absolute Gasteiger partial charge is 0 e. The van der Waals surface area contributed by atoms with Gasteiger partial charge in [0.25, 0.3) is 0 Å². The van der Waals surface area contributed by atoms with Gasteiger partial charge in [-0.25, -0.2) is 0 Å². The number of hydrogen-bond acceptors (Lipinski definition) is 0. The fraction of sp³-hybridized carbons (Fsp3) is 0. The van der Waals surface area contributed by atoms with Crippen LogP contribution in [0.15, 0.2) is 0 Å². The van der Waals surface area contributed by atoms with Crippen LogP contribution in [0.1, 0.15) is 0 Å². The second kappa shape index (κ2) is 24.9. The Kier molecular flexibility index (Phi) is 183. The first-order valence-corrected chi connectivity index (χ1v) is 0. The third-order valence-electron chi connectivity index (χ3n) is 0. The molecule has 0 bridgehead atoms.